The molecular formula is C9H13F3N2O3. The minimum Gasteiger partial charge on any atom is -0.382 e. The number of amides is 2. The standard InChI is InChI=1S/C9H13F3N2O3/c1-14-7(16)3-2-5(8(14)17)13-4-6(15)9(10,11)12/h5-6,13,15H,2-4H2,1H3. The number of likely N-dealkylation sites (N-methyl/N-ethyl adjacent to an activating group) is 1. The highest BCUT2D eigenvalue weighted by Crippen LogP contribution is 2.20. The minimum atomic E-state index is -4.72. The SMILES string of the molecule is CN1C(=O)CCC(NCC(O)C(F)(F)F)C1=O. The second kappa shape index (κ2) is 5.01. The van der Waals surface area contributed by atoms with Crippen LogP contribution >= 0.6 is 0 Å². The monoisotopic (exact) mass is 254 g/mol. The third-order valence-corrected chi connectivity index (χ3v) is 2.59. The van der Waals surface area contributed by atoms with Gasteiger partial charge in [0.15, 0.2) is 6.10 Å². The van der Waals surface area contributed by atoms with Crippen molar-refractivity contribution >= 4 is 11.8 Å². The fourth-order valence-electron chi connectivity index (χ4n) is 1.47. The maximum absolute atomic E-state index is 12.0. The number of alkyl halides is 3. The number of piperidine rings is 1. The predicted molar refractivity (Wildman–Crippen MR) is 50.9 cm³/mol. The van der Waals surface area contributed by atoms with E-state index in [9.17, 15) is 22.8 Å². The van der Waals surface area contributed by atoms with E-state index in [4.69, 9.17) is 5.11 Å². The van der Waals surface area contributed by atoms with Crippen molar-refractivity contribution in [2.75, 3.05) is 13.6 Å². The lowest BCUT2D eigenvalue weighted by Gasteiger charge is -2.29. The molecule has 8 heteroatoms. The fraction of sp³-hybridized carbons (Fsp3) is 0.778. The second-order valence-electron chi connectivity index (χ2n) is 3.85. The van der Waals surface area contributed by atoms with Crippen LogP contribution < -0.4 is 5.32 Å². The normalized spacial score (nSPS) is 24.1. The second-order valence-corrected chi connectivity index (χ2v) is 3.85. The van der Waals surface area contributed by atoms with Crippen molar-refractivity contribution in [2.45, 2.75) is 31.2 Å². The topological polar surface area (TPSA) is 69.6 Å². The molecule has 0 aliphatic carbocycles. The minimum absolute atomic E-state index is 0.0992. The number of hydrogen-bond donors (Lipinski definition) is 2. The number of nitrogens with one attached hydrogen (secondary N) is 1. The Kier molecular flexibility index (Phi) is 4.10. The first-order valence-corrected chi connectivity index (χ1v) is 5.02. The molecule has 98 valence electrons. The van der Waals surface area contributed by atoms with Crippen LogP contribution in [-0.4, -0.2) is 53.7 Å². The number of hydrogen-bond acceptors (Lipinski definition) is 4. The molecule has 0 aromatic heterocycles. The van der Waals surface area contributed by atoms with E-state index in [0.29, 0.717) is 0 Å². The molecule has 1 aliphatic rings. The summed E-state index contributed by atoms with van der Waals surface area (Å²) >= 11 is 0. The van der Waals surface area contributed by atoms with Gasteiger partial charge in [-0.2, -0.15) is 13.2 Å². The largest absolute Gasteiger partial charge is 0.415 e. The summed E-state index contributed by atoms with van der Waals surface area (Å²) in [5, 5.41) is 11.1. The number of carbonyl (C=O) groups excluding carboxylic acids is 2. The molecule has 1 heterocycles. The van der Waals surface area contributed by atoms with Crippen molar-refractivity contribution in [2.24, 2.45) is 0 Å². The van der Waals surface area contributed by atoms with Crippen molar-refractivity contribution in [3.05, 3.63) is 0 Å². The van der Waals surface area contributed by atoms with Crippen molar-refractivity contribution in [1.29, 1.82) is 0 Å². The molecule has 2 N–H and O–H groups in total. The van der Waals surface area contributed by atoms with E-state index in [1.165, 1.54) is 7.05 Å². The molecule has 0 radical (unpaired) electrons. The molecule has 5 nitrogen and oxygen atoms in total. The smallest absolute Gasteiger partial charge is 0.382 e. The molecule has 2 amide bonds. The van der Waals surface area contributed by atoms with Gasteiger partial charge in [0.25, 0.3) is 0 Å². The van der Waals surface area contributed by atoms with Gasteiger partial charge in [0.1, 0.15) is 0 Å². The van der Waals surface area contributed by atoms with Gasteiger partial charge in [-0.1, -0.05) is 0 Å². The van der Waals surface area contributed by atoms with Gasteiger partial charge in [-0.3, -0.25) is 14.5 Å². The van der Waals surface area contributed by atoms with Crippen molar-refractivity contribution in [3.63, 3.8) is 0 Å². The zero-order valence-corrected chi connectivity index (χ0v) is 9.12. The molecule has 1 aliphatic heterocycles. The maximum Gasteiger partial charge on any atom is 0.415 e. The zero-order chi connectivity index (χ0) is 13.2. The highest BCUT2D eigenvalue weighted by Gasteiger charge is 2.39. The molecule has 2 atom stereocenters. The van der Waals surface area contributed by atoms with Crippen LogP contribution in [0, 0.1) is 0 Å². The van der Waals surface area contributed by atoms with Crippen LogP contribution in [0.2, 0.25) is 0 Å². The van der Waals surface area contributed by atoms with E-state index in [0.717, 1.165) is 4.90 Å². The first kappa shape index (κ1) is 13.9. The van der Waals surface area contributed by atoms with Crippen LogP contribution in [0.3, 0.4) is 0 Å². The first-order valence-electron chi connectivity index (χ1n) is 5.02. The number of rotatable bonds is 3. The van der Waals surface area contributed by atoms with E-state index < -0.39 is 30.8 Å². The summed E-state index contributed by atoms with van der Waals surface area (Å²) in [6.45, 7) is -0.762. The Morgan fingerprint density at radius 2 is 2.12 bits per heavy atom. The van der Waals surface area contributed by atoms with Crippen LogP contribution in [0.1, 0.15) is 12.8 Å². The summed E-state index contributed by atoms with van der Waals surface area (Å²) in [6.07, 6.45) is -6.99. The summed E-state index contributed by atoms with van der Waals surface area (Å²) in [5.41, 5.74) is 0. The van der Waals surface area contributed by atoms with E-state index in [-0.39, 0.29) is 18.7 Å². The van der Waals surface area contributed by atoms with E-state index in [2.05, 4.69) is 5.32 Å². The number of aliphatic hydroxyl groups excluding tert-OH is 1. The van der Waals surface area contributed by atoms with Crippen LogP contribution in [0.15, 0.2) is 0 Å². The van der Waals surface area contributed by atoms with Crippen LogP contribution in [-0.2, 0) is 9.59 Å². The predicted octanol–water partition coefficient (Wildman–Crippen LogP) is -0.353. The number of likely N-dealkylation sites (tertiary alicyclic amines) is 1. The number of carbonyl (C=O) groups is 2. The average Bonchev–Trinajstić information content (AvgIpc) is 2.23. The summed E-state index contributed by atoms with van der Waals surface area (Å²) in [5.74, 6) is -0.931. The summed E-state index contributed by atoms with van der Waals surface area (Å²) in [6, 6.07) is -0.852. The molecule has 1 fully saturated rings. The van der Waals surface area contributed by atoms with Crippen LogP contribution in [0.25, 0.3) is 0 Å². The summed E-state index contributed by atoms with van der Waals surface area (Å²) in [4.78, 5) is 23.4. The molecule has 1 rings (SSSR count). The van der Waals surface area contributed by atoms with Gasteiger partial charge in [0.2, 0.25) is 11.8 Å². The van der Waals surface area contributed by atoms with Crippen molar-refractivity contribution < 1.29 is 27.9 Å². The molecule has 0 aromatic rings. The highest BCUT2D eigenvalue weighted by molar-refractivity contribution is 6.00. The van der Waals surface area contributed by atoms with Crippen LogP contribution in [0.5, 0.6) is 0 Å². The quantitative estimate of drug-likeness (QED) is 0.675. The molecule has 0 saturated carbocycles. The number of imide groups is 1. The van der Waals surface area contributed by atoms with Gasteiger partial charge in [-0.15, -0.1) is 0 Å². The fourth-order valence-corrected chi connectivity index (χ4v) is 1.47. The zero-order valence-electron chi connectivity index (χ0n) is 9.12. The third-order valence-electron chi connectivity index (χ3n) is 2.59. The van der Waals surface area contributed by atoms with Crippen molar-refractivity contribution in [3.8, 4) is 0 Å². The van der Waals surface area contributed by atoms with Gasteiger partial charge in [0, 0.05) is 20.0 Å². The Bertz CT molecular complexity index is 319. The molecule has 0 aromatic carbocycles. The van der Waals surface area contributed by atoms with E-state index >= 15 is 0 Å². The number of aliphatic hydroxyl groups is 1. The Balaban J connectivity index is 2.48. The summed E-state index contributed by atoms with van der Waals surface area (Å²) < 4.78 is 36.0. The Morgan fingerprint density at radius 1 is 1.53 bits per heavy atom. The van der Waals surface area contributed by atoms with Gasteiger partial charge >= 0.3 is 6.18 Å². The van der Waals surface area contributed by atoms with Gasteiger partial charge in [-0.05, 0) is 6.42 Å². The lowest BCUT2D eigenvalue weighted by molar-refractivity contribution is -0.202. The molecule has 1 saturated heterocycles. The Hall–Kier alpha value is -1.15. The summed E-state index contributed by atoms with van der Waals surface area (Å²) in [7, 11) is 1.28. The van der Waals surface area contributed by atoms with Gasteiger partial charge < -0.3 is 10.4 Å². The van der Waals surface area contributed by atoms with Gasteiger partial charge in [0.05, 0.1) is 6.04 Å². The molecule has 0 spiro atoms. The lowest BCUT2D eigenvalue weighted by atomic mass is 10.0. The highest BCUT2D eigenvalue weighted by atomic mass is 19.4. The number of nitrogens with zero attached hydrogens (tertiary/aromatic N) is 1. The third kappa shape index (κ3) is 3.40. The van der Waals surface area contributed by atoms with E-state index in [1.54, 1.807) is 0 Å². The molecule has 0 bridgehead atoms. The molecular weight excluding hydrogens is 241 g/mol. The lowest BCUT2D eigenvalue weighted by Crippen LogP contribution is -2.53. The maximum atomic E-state index is 12.0. The van der Waals surface area contributed by atoms with Crippen LogP contribution in [0.4, 0.5) is 13.2 Å². The van der Waals surface area contributed by atoms with E-state index in [1.807, 2.05) is 0 Å². The molecule has 17 heavy (non-hydrogen) atoms. The first-order chi connectivity index (χ1) is 7.73. The Labute approximate surface area is 95.6 Å². The molecule has 2 unspecified atom stereocenters. The number of halogens is 3. The Morgan fingerprint density at radius 3 is 2.65 bits per heavy atom. The van der Waals surface area contributed by atoms with Crippen molar-refractivity contribution in [1.82, 2.24) is 10.2 Å². The average molecular weight is 254 g/mol. The van der Waals surface area contributed by atoms with Gasteiger partial charge in [-0.25, -0.2) is 0 Å².